The number of nitrogens with zero attached hydrogens (tertiary/aromatic N) is 2. The first kappa shape index (κ1) is 15.4. The maximum Gasteiger partial charge on any atom is 0.309 e. The van der Waals surface area contributed by atoms with E-state index in [0.717, 1.165) is 50.0 Å². The van der Waals surface area contributed by atoms with Crippen LogP contribution in [0, 0.1) is 5.92 Å². The average molecular weight is 257 g/mol. The molecule has 4 heteroatoms. The van der Waals surface area contributed by atoms with Gasteiger partial charge in [-0.3, -0.25) is 4.79 Å². The largest absolute Gasteiger partial charge is 0.464 e. The molecule has 1 aliphatic heterocycles. The molecule has 0 aromatic carbocycles. The van der Waals surface area contributed by atoms with Gasteiger partial charge in [0.1, 0.15) is 6.61 Å². The summed E-state index contributed by atoms with van der Waals surface area (Å²) in [7, 11) is 4.45. The van der Waals surface area contributed by atoms with Gasteiger partial charge in [0.05, 0.1) is 33.1 Å². The van der Waals surface area contributed by atoms with E-state index < -0.39 is 0 Å². The predicted molar refractivity (Wildman–Crippen MR) is 73.3 cm³/mol. The molecule has 1 saturated heterocycles. The smallest absolute Gasteiger partial charge is 0.309 e. The number of rotatable bonds is 6. The summed E-state index contributed by atoms with van der Waals surface area (Å²) in [6.45, 7) is 9.85. The zero-order chi connectivity index (χ0) is 13.6. The number of ether oxygens (including phenoxy) is 1. The molecule has 106 valence electrons. The minimum absolute atomic E-state index is 0.0156. The molecule has 4 nitrogen and oxygen atoms in total. The molecule has 0 radical (unpaired) electrons. The molecule has 0 amide bonds. The molecule has 0 saturated carbocycles. The van der Waals surface area contributed by atoms with Crippen molar-refractivity contribution in [2.24, 2.45) is 5.92 Å². The van der Waals surface area contributed by atoms with E-state index >= 15 is 0 Å². The summed E-state index contributed by atoms with van der Waals surface area (Å²) in [5.41, 5.74) is 0. The van der Waals surface area contributed by atoms with E-state index in [9.17, 15) is 4.79 Å². The van der Waals surface area contributed by atoms with Crippen LogP contribution >= 0.6 is 0 Å². The molecule has 0 aromatic rings. The highest BCUT2D eigenvalue weighted by atomic mass is 16.5. The maximum atomic E-state index is 11.9. The number of carbonyl (C=O) groups is 1. The molecule has 1 aliphatic rings. The highest BCUT2D eigenvalue weighted by Gasteiger charge is 2.31. The van der Waals surface area contributed by atoms with E-state index in [1.165, 1.54) is 0 Å². The summed E-state index contributed by atoms with van der Waals surface area (Å²) in [5, 5.41) is 0. The highest BCUT2D eigenvalue weighted by molar-refractivity contribution is 5.72. The monoisotopic (exact) mass is 257 g/mol. The third-order valence-electron chi connectivity index (χ3n) is 4.05. The lowest BCUT2D eigenvalue weighted by Crippen LogP contribution is -2.47. The lowest BCUT2D eigenvalue weighted by Gasteiger charge is -2.36. The van der Waals surface area contributed by atoms with Gasteiger partial charge in [-0.2, -0.15) is 0 Å². The first-order valence-electron chi connectivity index (χ1n) is 7.19. The van der Waals surface area contributed by atoms with Crippen molar-refractivity contribution in [2.75, 3.05) is 53.4 Å². The molecule has 0 unspecified atom stereocenters. The molecule has 1 rings (SSSR count). The number of carbonyl (C=O) groups excluding carboxylic acids is 1. The van der Waals surface area contributed by atoms with Crippen molar-refractivity contribution in [3.63, 3.8) is 0 Å². The minimum Gasteiger partial charge on any atom is -0.464 e. The number of quaternary nitrogens is 1. The zero-order valence-corrected chi connectivity index (χ0v) is 12.4. The van der Waals surface area contributed by atoms with E-state index in [1.807, 2.05) is 0 Å². The fraction of sp³-hybridized carbons (Fsp3) is 0.929. The van der Waals surface area contributed by atoms with Gasteiger partial charge < -0.3 is 14.1 Å². The van der Waals surface area contributed by atoms with Crippen LogP contribution in [-0.4, -0.2) is 68.8 Å². The Kier molecular flexibility index (Phi) is 6.09. The first-order chi connectivity index (χ1) is 8.48. The zero-order valence-electron chi connectivity index (χ0n) is 12.4. The van der Waals surface area contributed by atoms with Crippen LogP contribution in [0.3, 0.4) is 0 Å². The molecule has 0 bridgehead atoms. The molecule has 0 aromatic heterocycles. The molecule has 0 atom stereocenters. The maximum absolute atomic E-state index is 11.9. The van der Waals surface area contributed by atoms with Gasteiger partial charge >= 0.3 is 5.97 Å². The van der Waals surface area contributed by atoms with Crippen LogP contribution in [0.15, 0.2) is 0 Å². The second-order valence-corrected chi connectivity index (χ2v) is 5.85. The molecule has 0 spiro atoms. The van der Waals surface area contributed by atoms with Crippen molar-refractivity contribution in [1.29, 1.82) is 0 Å². The van der Waals surface area contributed by atoms with Crippen LogP contribution in [-0.2, 0) is 9.53 Å². The van der Waals surface area contributed by atoms with Crippen molar-refractivity contribution in [1.82, 2.24) is 4.90 Å². The van der Waals surface area contributed by atoms with Crippen molar-refractivity contribution < 1.29 is 14.0 Å². The van der Waals surface area contributed by atoms with Gasteiger partial charge in [-0.15, -0.1) is 0 Å². The van der Waals surface area contributed by atoms with Gasteiger partial charge in [0, 0.05) is 19.4 Å². The summed E-state index contributed by atoms with van der Waals surface area (Å²) < 4.78 is 6.43. The third-order valence-corrected chi connectivity index (χ3v) is 4.05. The molecule has 1 heterocycles. The number of hydrogen-bond acceptors (Lipinski definition) is 3. The van der Waals surface area contributed by atoms with Crippen molar-refractivity contribution in [3.8, 4) is 0 Å². The fourth-order valence-corrected chi connectivity index (χ4v) is 2.44. The molecular weight excluding hydrogens is 228 g/mol. The summed E-state index contributed by atoms with van der Waals surface area (Å²) in [6.07, 6.45) is 1.94. The van der Waals surface area contributed by atoms with Gasteiger partial charge in [0.25, 0.3) is 0 Å². The van der Waals surface area contributed by atoms with Gasteiger partial charge in [-0.1, -0.05) is 13.8 Å². The van der Waals surface area contributed by atoms with Crippen LogP contribution in [0.5, 0.6) is 0 Å². The number of piperidine rings is 1. The van der Waals surface area contributed by atoms with E-state index in [1.54, 1.807) is 0 Å². The quantitative estimate of drug-likeness (QED) is 0.531. The fourth-order valence-electron chi connectivity index (χ4n) is 2.44. The second-order valence-electron chi connectivity index (χ2n) is 5.85. The van der Waals surface area contributed by atoms with Crippen LogP contribution in [0.4, 0.5) is 0 Å². The summed E-state index contributed by atoms with van der Waals surface area (Å²) in [4.78, 5) is 14.2. The molecule has 1 fully saturated rings. The van der Waals surface area contributed by atoms with Crippen molar-refractivity contribution in [2.45, 2.75) is 26.7 Å². The summed E-state index contributed by atoms with van der Waals surface area (Å²) >= 11 is 0. The summed E-state index contributed by atoms with van der Waals surface area (Å²) in [5.74, 6) is 0.148. The predicted octanol–water partition coefficient (Wildman–Crippen LogP) is 1.36. The lowest BCUT2D eigenvalue weighted by molar-refractivity contribution is -0.895. The van der Waals surface area contributed by atoms with Crippen LogP contribution in [0.2, 0.25) is 0 Å². The first-order valence-corrected chi connectivity index (χ1v) is 7.19. The standard InChI is InChI=1S/C14H29N2O2/c1-5-15(6-2)9-12-18-14(17)13-7-10-16(3,4)11-8-13/h13H,5-12H2,1-4H3/q+1. The Morgan fingerprint density at radius 2 is 1.78 bits per heavy atom. The Morgan fingerprint density at radius 3 is 2.28 bits per heavy atom. The molecule has 0 aliphatic carbocycles. The number of hydrogen-bond donors (Lipinski definition) is 0. The van der Waals surface area contributed by atoms with Crippen LogP contribution in [0.25, 0.3) is 0 Å². The Hall–Kier alpha value is -0.610. The van der Waals surface area contributed by atoms with Crippen molar-refractivity contribution in [3.05, 3.63) is 0 Å². The summed E-state index contributed by atoms with van der Waals surface area (Å²) in [6, 6.07) is 0. The number of likely N-dealkylation sites (N-methyl/N-ethyl adjacent to an activating group) is 1. The number of likely N-dealkylation sites (tertiary alicyclic amines) is 1. The Morgan fingerprint density at radius 1 is 1.22 bits per heavy atom. The third kappa shape index (κ3) is 4.94. The highest BCUT2D eigenvalue weighted by Crippen LogP contribution is 2.21. The van der Waals surface area contributed by atoms with Crippen LogP contribution < -0.4 is 0 Å². The van der Waals surface area contributed by atoms with E-state index in [0.29, 0.717) is 6.61 Å². The molecule has 0 N–H and O–H groups in total. The molecular formula is C14H29N2O2+. The van der Waals surface area contributed by atoms with E-state index in [2.05, 4.69) is 32.8 Å². The number of esters is 1. The normalized spacial score (nSPS) is 20.1. The van der Waals surface area contributed by atoms with E-state index in [-0.39, 0.29) is 11.9 Å². The minimum atomic E-state index is 0.0156. The van der Waals surface area contributed by atoms with Crippen LogP contribution in [0.1, 0.15) is 26.7 Å². The Balaban J connectivity index is 2.21. The van der Waals surface area contributed by atoms with E-state index in [4.69, 9.17) is 4.74 Å². The van der Waals surface area contributed by atoms with Gasteiger partial charge in [-0.05, 0) is 13.1 Å². The SMILES string of the molecule is CCN(CC)CCOC(=O)C1CC[N+](C)(C)CC1. The lowest BCUT2D eigenvalue weighted by atomic mass is 9.96. The molecule has 18 heavy (non-hydrogen) atoms. The second kappa shape index (κ2) is 7.10. The van der Waals surface area contributed by atoms with Gasteiger partial charge in [0.15, 0.2) is 0 Å². The Bertz CT molecular complexity index is 253. The van der Waals surface area contributed by atoms with Gasteiger partial charge in [0.2, 0.25) is 0 Å². The average Bonchev–Trinajstić information content (AvgIpc) is 2.34. The van der Waals surface area contributed by atoms with Crippen molar-refractivity contribution >= 4 is 5.97 Å². The van der Waals surface area contributed by atoms with Gasteiger partial charge in [-0.25, -0.2) is 0 Å². The Labute approximate surface area is 111 Å². The topological polar surface area (TPSA) is 29.5 Å².